The van der Waals surface area contributed by atoms with Crippen molar-refractivity contribution in [1.29, 1.82) is 0 Å². The average molecular weight is 240 g/mol. The van der Waals surface area contributed by atoms with Crippen LogP contribution < -0.4 is 15.4 Å². The fourth-order valence-corrected chi connectivity index (χ4v) is 1.65. The minimum absolute atomic E-state index is 0.0143. The molecule has 5 nitrogen and oxygen atoms in total. The summed E-state index contributed by atoms with van der Waals surface area (Å²) in [5, 5.41) is 18.0. The molecule has 0 spiro atoms. The van der Waals surface area contributed by atoms with Gasteiger partial charge in [-0.25, -0.2) is 0 Å². The van der Waals surface area contributed by atoms with Crippen LogP contribution in [0.2, 0.25) is 0 Å². The molecule has 1 aromatic carbocycles. The quantitative estimate of drug-likeness (QED) is 0.603. The molecule has 1 aromatic rings. The van der Waals surface area contributed by atoms with Crippen LogP contribution in [-0.2, 0) is 0 Å². The topological polar surface area (TPSA) is 79.0 Å². The van der Waals surface area contributed by atoms with E-state index in [1.54, 1.807) is 18.2 Å². The summed E-state index contributed by atoms with van der Waals surface area (Å²) in [5.41, 5.74) is 7.18. The van der Waals surface area contributed by atoms with Crippen molar-refractivity contribution in [1.82, 2.24) is 0 Å². The Morgan fingerprint density at radius 3 is 2.41 bits per heavy atom. The van der Waals surface area contributed by atoms with E-state index in [-0.39, 0.29) is 13.2 Å². The Balaban J connectivity index is 3.00. The van der Waals surface area contributed by atoms with Gasteiger partial charge in [-0.05, 0) is 25.1 Å². The highest BCUT2D eigenvalue weighted by Crippen LogP contribution is 2.30. The number of hydrogen-bond acceptors (Lipinski definition) is 5. The molecule has 5 heteroatoms. The Bertz CT molecular complexity index is 339. The van der Waals surface area contributed by atoms with Crippen molar-refractivity contribution >= 4 is 11.4 Å². The Labute approximate surface area is 101 Å². The molecule has 0 amide bonds. The smallest absolute Gasteiger partial charge is 0.142 e. The monoisotopic (exact) mass is 240 g/mol. The summed E-state index contributed by atoms with van der Waals surface area (Å²) < 4.78 is 5.51. The normalized spacial score (nSPS) is 10.3. The van der Waals surface area contributed by atoms with Gasteiger partial charge in [0.1, 0.15) is 5.75 Å². The Hall–Kier alpha value is -1.46. The largest absolute Gasteiger partial charge is 0.492 e. The Kier molecular flexibility index (Phi) is 5.59. The maximum atomic E-state index is 9.02. The molecule has 0 heterocycles. The van der Waals surface area contributed by atoms with Crippen LogP contribution in [0.3, 0.4) is 0 Å². The number of nitrogen functional groups attached to an aromatic ring is 1. The maximum Gasteiger partial charge on any atom is 0.142 e. The molecule has 0 saturated carbocycles. The zero-order valence-corrected chi connectivity index (χ0v) is 10.1. The lowest BCUT2D eigenvalue weighted by atomic mass is 10.2. The summed E-state index contributed by atoms with van der Waals surface area (Å²) in [4.78, 5) is 1.85. The van der Waals surface area contributed by atoms with Gasteiger partial charge in [-0.15, -0.1) is 0 Å². The van der Waals surface area contributed by atoms with Gasteiger partial charge in [0.2, 0.25) is 0 Å². The first kappa shape index (κ1) is 13.6. The molecular formula is C12H20N2O3. The minimum atomic E-state index is 0.0143. The zero-order chi connectivity index (χ0) is 12.7. The second-order valence-electron chi connectivity index (χ2n) is 3.59. The molecule has 0 radical (unpaired) electrons. The first-order chi connectivity index (χ1) is 8.22. The van der Waals surface area contributed by atoms with E-state index >= 15 is 0 Å². The fourth-order valence-electron chi connectivity index (χ4n) is 1.65. The van der Waals surface area contributed by atoms with Gasteiger partial charge in [-0.2, -0.15) is 0 Å². The second kappa shape index (κ2) is 6.98. The fraction of sp³-hybridized carbons (Fsp3) is 0.500. The molecule has 0 atom stereocenters. The van der Waals surface area contributed by atoms with Gasteiger partial charge >= 0.3 is 0 Å². The lowest BCUT2D eigenvalue weighted by molar-refractivity contribution is 0.279. The number of anilines is 2. The maximum absolute atomic E-state index is 9.02. The summed E-state index contributed by atoms with van der Waals surface area (Å²) in [6.07, 6.45) is 0. The van der Waals surface area contributed by atoms with Gasteiger partial charge < -0.3 is 25.6 Å². The number of benzene rings is 1. The molecule has 0 aliphatic carbocycles. The van der Waals surface area contributed by atoms with E-state index in [9.17, 15) is 0 Å². The molecule has 0 saturated heterocycles. The highest BCUT2D eigenvalue weighted by molar-refractivity contribution is 5.65. The standard InChI is InChI=1S/C12H20N2O3/c1-2-17-12-4-3-10(13)9-11(12)14(5-7-15)6-8-16/h3-4,9,15-16H,2,5-8,13H2,1H3. The van der Waals surface area contributed by atoms with E-state index in [0.29, 0.717) is 31.1 Å². The van der Waals surface area contributed by atoms with Crippen molar-refractivity contribution < 1.29 is 14.9 Å². The predicted molar refractivity (Wildman–Crippen MR) is 68.4 cm³/mol. The van der Waals surface area contributed by atoms with Crippen LogP contribution in [-0.4, -0.2) is 43.1 Å². The third kappa shape index (κ3) is 3.80. The van der Waals surface area contributed by atoms with Crippen LogP contribution in [0.5, 0.6) is 5.75 Å². The highest BCUT2D eigenvalue weighted by Gasteiger charge is 2.12. The van der Waals surface area contributed by atoms with Crippen molar-refractivity contribution in [2.45, 2.75) is 6.92 Å². The van der Waals surface area contributed by atoms with Gasteiger partial charge in [0, 0.05) is 18.8 Å². The van der Waals surface area contributed by atoms with Crippen LogP contribution in [0.25, 0.3) is 0 Å². The molecule has 0 unspecified atom stereocenters. The predicted octanol–water partition coefficient (Wildman–Crippen LogP) is 0.459. The van der Waals surface area contributed by atoms with E-state index in [2.05, 4.69) is 0 Å². The number of nitrogens with zero attached hydrogens (tertiary/aromatic N) is 1. The lowest BCUT2D eigenvalue weighted by Gasteiger charge is -2.25. The van der Waals surface area contributed by atoms with E-state index in [0.717, 1.165) is 5.69 Å². The number of aliphatic hydroxyl groups is 2. The third-order valence-electron chi connectivity index (χ3n) is 2.36. The van der Waals surface area contributed by atoms with Gasteiger partial charge in [0.15, 0.2) is 0 Å². The molecule has 17 heavy (non-hydrogen) atoms. The summed E-state index contributed by atoms with van der Waals surface area (Å²) in [6.45, 7) is 3.36. The molecule has 4 N–H and O–H groups in total. The lowest BCUT2D eigenvalue weighted by Crippen LogP contribution is -2.30. The van der Waals surface area contributed by atoms with Crippen LogP contribution in [0.1, 0.15) is 6.92 Å². The Morgan fingerprint density at radius 1 is 1.24 bits per heavy atom. The first-order valence-corrected chi connectivity index (χ1v) is 5.72. The molecule has 96 valence electrons. The van der Waals surface area contributed by atoms with Crippen LogP contribution in [0, 0.1) is 0 Å². The van der Waals surface area contributed by atoms with Crippen LogP contribution in [0.4, 0.5) is 11.4 Å². The first-order valence-electron chi connectivity index (χ1n) is 5.72. The molecule has 0 bridgehead atoms. The van der Waals surface area contributed by atoms with Crippen molar-refractivity contribution in [2.24, 2.45) is 0 Å². The molecule has 0 aromatic heterocycles. The van der Waals surface area contributed by atoms with Gasteiger partial charge in [-0.3, -0.25) is 0 Å². The van der Waals surface area contributed by atoms with Gasteiger partial charge in [-0.1, -0.05) is 0 Å². The molecular weight excluding hydrogens is 220 g/mol. The summed E-state index contributed by atoms with van der Waals surface area (Å²) in [5.74, 6) is 0.712. The average Bonchev–Trinajstić information content (AvgIpc) is 2.31. The van der Waals surface area contributed by atoms with Gasteiger partial charge in [0.25, 0.3) is 0 Å². The number of aliphatic hydroxyl groups excluding tert-OH is 2. The molecule has 1 rings (SSSR count). The number of nitrogens with two attached hydrogens (primary N) is 1. The second-order valence-corrected chi connectivity index (χ2v) is 3.59. The third-order valence-corrected chi connectivity index (χ3v) is 2.36. The van der Waals surface area contributed by atoms with E-state index in [1.807, 2.05) is 11.8 Å². The number of ether oxygens (including phenoxy) is 1. The van der Waals surface area contributed by atoms with E-state index in [4.69, 9.17) is 20.7 Å². The summed E-state index contributed by atoms with van der Waals surface area (Å²) in [7, 11) is 0. The molecule has 0 fully saturated rings. The highest BCUT2D eigenvalue weighted by atomic mass is 16.5. The van der Waals surface area contributed by atoms with E-state index < -0.39 is 0 Å². The minimum Gasteiger partial charge on any atom is -0.492 e. The zero-order valence-electron chi connectivity index (χ0n) is 10.1. The number of rotatable bonds is 7. The number of hydrogen-bond donors (Lipinski definition) is 3. The van der Waals surface area contributed by atoms with Crippen molar-refractivity contribution in [3.63, 3.8) is 0 Å². The SMILES string of the molecule is CCOc1ccc(N)cc1N(CCO)CCO. The van der Waals surface area contributed by atoms with Crippen LogP contribution >= 0.6 is 0 Å². The summed E-state index contributed by atoms with van der Waals surface area (Å²) >= 11 is 0. The van der Waals surface area contributed by atoms with Crippen molar-refractivity contribution in [3.05, 3.63) is 18.2 Å². The van der Waals surface area contributed by atoms with Gasteiger partial charge in [0.05, 0.1) is 25.5 Å². The molecule has 0 aliphatic rings. The van der Waals surface area contributed by atoms with Crippen LogP contribution in [0.15, 0.2) is 18.2 Å². The van der Waals surface area contributed by atoms with E-state index in [1.165, 1.54) is 0 Å². The summed E-state index contributed by atoms with van der Waals surface area (Å²) in [6, 6.07) is 5.36. The van der Waals surface area contributed by atoms with Crippen molar-refractivity contribution in [2.75, 3.05) is 43.5 Å². The molecule has 0 aliphatic heterocycles. The van der Waals surface area contributed by atoms with Crippen molar-refractivity contribution in [3.8, 4) is 5.75 Å². The Morgan fingerprint density at radius 2 is 1.88 bits per heavy atom.